The van der Waals surface area contributed by atoms with E-state index < -0.39 is 0 Å². The van der Waals surface area contributed by atoms with E-state index in [0.29, 0.717) is 5.92 Å². The second-order valence-corrected chi connectivity index (χ2v) is 8.89. The van der Waals surface area contributed by atoms with E-state index in [1.54, 1.807) is 0 Å². The Balaban J connectivity index is 2.07. The van der Waals surface area contributed by atoms with Gasteiger partial charge in [-0.15, -0.1) is 0 Å². The molecule has 0 spiro atoms. The fourth-order valence-electron chi connectivity index (χ4n) is 3.87. The maximum absolute atomic E-state index is 6.47. The molecule has 2 N–H and O–H groups in total. The van der Waals surface area contributed by atoms with Crippen molar-refractivity contribution in [1.82, 2.24) is 0 Å². The molecule has 1 heteroatoms. The lowest BCUT2D eigenvalue weighted by molar-refractivity contribution is 0.290. The highest BCUT2D eigenvalue weighted by atomic mass is 14.7. The van der Waals surface area contributed by atoms with Gasteiger partial charge in [-0.25, -0.2) is 0 Å². The number of nitrogens with two attached hydrogens (primary N) is 1. The predicted molar refractivity (Wildman–Crippen MR) is 118 cm³/mol. The molecule has 0 fully saturated rings. The molecule has 1 unspecified atom stereocenters. The van der Waals surface area contributed by atoms with Crippen LogP contribution in [0, 0.1) is 5.92 Å². The van der Waals surface area contributed by atoms with Gasteiger partial charge in [-0.3, -0.25) is 0 Å². The van der Waals surface area contributed by atoms with Gasteiger partial charge in [-0.1, -0.05) is 114 Å². The number of hydrogen-bond acceptors (Lipinski definition) is 1. The molecule has 0 aliphatic carbocycles. The zero-order chi connectivity index (χ0) is 19.1. The van der Waals surface area contributed by atoms with E-state index in [4.69, 9.17) is 5.73 Å². The Morgan fingerprint density at radius 3 is 1.65 bits per heavy atom. The second kappa shape index (κ2) is 14.3. The summed E-state index contributed by atoms with van der Waals surface area (Å²) in [6.07, 6.45) is 19.3. The maximum atomic E-state index is 6.47. The van der Waals surface area contributed by atoms with Gasteiger partial charge in [-0.2, -0.15) is 0 Å². The second-order valence-electron chi connectivity index (χ2n) is 8.89. The molecular weight excluding hydrogens is 314 g/mol. The van der Waals surface area contributed by atoms with E-state index >= 15 is 0 Å². The first-order chi connectivity index (χ1) is 12.5. The van der Waals surface area contributed by atoms with Crippen LogP contribution in [0.2, 0.25) is 0 Å². The lowest BCUT2D eigenvalue weighted by atomic mass is 9.80. The molecule has 0 bridgehead atoms. The van der Waals surface area contributed by atoms with E-state index in [1.807, 2.05) is 0 Å². The Morgan fingerprint density at radius 1 is 0.731 bits per heavy atom. The van der Waals surface area contributed by atoms with Crippen LogP contribution >= 0.6 is 0 Å². The molecule has 0 saturated carbocycles. The van der Waals surface area contributed by atoms with Gasteiger partial charge < -0.3 is 5.73 Å². The highest BCUT2D eigenvalue weighted by Crippen LogP contribution is 2.25. The largest absolute Gasteiger partial charge is 0.325 e. The van der Waals surface area contributed by atoms with Crippen LogP contribution in [0.15, 0.2) is 30.3 Å². The molecular formula is C25H45N. The zero-order valence-corrected chi connectivity index (χ0v) is 17.9. The maximum Gasteiger partial charge on any atom is 0.0129 e. The number of benzene rings is 1. The summed E-state index contributed by atoms with van der Waals surface area (Å²) in [5.41, 5.74) is 7.80. The highest BCUT2D eigenvalue weighted by Gasteiger charge is 2.24. The molecule has 0 saturated heterocycles. The van der Waals surface area contributed by atoms with Crippen LogP contribution in [-0.2, 0) is 6.42 Å². The number of unbranched alkanes of at least 4 members (excludes halogenated alkanes) is 11. The van der Waals surface area contributed by atoms with Crippen molar-refractivity contribution in [2.45, 2.75) is 116 Å². The molecule has 150 valence electrons. The van der Waals surface area contributed by atoms with Crippen LogP contribution in [-0.4, -0.2) is 5.54 Å². The lowest BCUT2D eigenvalue weighted by Crippen LogP contribution is -2.42. The fourth-order valence-corrected chi connectivity index (χ4v) is 3.87. The third-order valence-electron chi connectivity index (χ3n) is 5.78. The normalized spacial score (nSPS) is 13.1. The van der Waals surface area contributed by atoms with Crippen LogP contribution in [0.1, 0.15) is 110 Å². The van der Waals surface area contributed by atoms with E-state index in [9.17, 15) is 0 Å². The summed E-state index contributed by atoms with van der Waals surface area (Å²) in [4.78, 5) is 0. The summed E-state index contributed by atoms with van der Waals surface area (Å²) < 4.78 is 0. The van der Waals surface area contributed by atoms with Crippen LogP contribution < -0.4 is 5.73 Å². The summed E-state index contributed by atoms with van der Waals surface area (Å²) in [7, 11) is 0. The number of rotatable bonds is 16. The van der Waals surface area contributed by atoms with Gasteiger partial charge in [0.2, 0.25) is 0 Å². The molecule has 1 atom stereocenters. The number of hydrogen-bond donors (Lipinski definition) is 1. The van der Waals surface area contributed by atoms with Gasteiger partial charge in [0.05, 0.1) is 0 Å². The Labute approximate surface area is 164 Å². The first-order valence-corrected chi connectivity index (χ1v) is 11.4. The smallest absolute Gasteiger partial charge is 0.0129 e. The first-order valence-electron chi connectivity index (χ1n) is 11.4. The minimum absolute atomic E-state index is 0.0897. The molecule has 1 nitrogen and oxygen atoms in total. The molecule has 1 aromatic carbocycles. The summed E-state index contributed by atoms with van der Waals surface area (Å²) in [6.45, 7) is 6.68. The van der Waals surface area contributed by atoms with Crippen molar-refractivity contribution in [3.63, 3.8) is 0 Å². The van der Waals surface area contributed by atoms with Gasteiger partial charge in [0.15, 0.2) is 0 Å². The molecule has 26 heavy (non-hydrogen) atoms. The topological polar surface area (TPSA) is 26.0 Å². The standard InChI is InChI=1S/C25H45N/c1-4-5-6-7-8-9-10-11-12-13-14-18-21-24(25(2,3)26)22-23-19-16-15-17-20-23/h15-17,19-20,24H,4-14,18,21-22,26H2,1-3H3. The summed E-state index contributed by atoms with van der Waals surface area (Å²) >= 11 is 0. The third-order valence-corrected chi connectivity index (χ3v) is 5.78. The van der Waals surface area contributed by atoms with Crippen molar-refractivity contribution in [1.29, 1.82) is 0 Å². The van der Waals surface area contributed by atoms with Gasteiger partial charge in [0.25, 0.3) is 0 Å². The van der Waals surface area contributed by atoms with Crippen LogP contribution in [0.4, 0.5) is 0 Å². The van der Waals surface area contributed by atoms with Gasteiger partial charge >= 0.3 is 0 Å². The SMILES string of the molecule is CCCCCCCCCCCCCCC(Cc1ccccc1)C(C)(C)N. The average molecular weight is 360 g/mol. The molecule has 0 radical (unpaired) electrons. The Bertz CT molecular complexity index is 418. The molecule has 1 rings (SSSR count). The van der Waals surface area contributed by atoms with Gasteiger partial charge in [0, 0.05) is 5.54 Å². The molecule has 0 heterocycles. The minimum Gasteiger partial charge on any atom is -0.325 e. The van der Waals surface area contributed by atoms with Crippen molar-refractivity contribution in [2.75, 3.05) is 0 Å². The van der Waals surface area contributed by atoms with E-state index in [2.05, 4.69) is 51.1 Å². The first kappa shape index (κ1) is 23.2. The highest BCUT2D eigenvalue weighted by molar-refractivity contribution is 5.16. The zero-order valence-electron chi connectivity index (χ0n) is 17.9. The van der Waals surface area contributed by atoms with E-state index in [1.165, 1.54) is 89.0 Å². The summed E-state index contributed by atoms with van der Waals surface area (Å²) in [5, 5.41) is 0. The Morgan fingerprint density at radius 2 is 1.19 bits per heavy atom. The molecule has 0 amide bonds. The van der Waals surface area contributed by atoms with Crippen molar-refractivity contribution in [2.24, 2.45) is 11.7 Å². The van der Waals surface area contributed by atoms with E-state index in [0.717, 1.165) is 6.42 Å². The van der Waals surface area contributed by atoms with Crippen LogP contribution in [0.5, 0.6) is 0 Å². The monoisotopic (exact) mass is 359 g/mol. The van der Waals surface area contributed by atoms with Crippen molar-refractivity contribution >= 4 is 0 Å². The van der Waals surface area contributed by atoms with Crippen molar-refractivity contribution < 1.29 is 0 Å². The quantitative estimate of drug-likeness (QED) is 0.301. The average Bonchev–Trinajstić information content (AvgIpc) is 2.61. The molecule has 0 aliphatic rings. The van der Waals surface area contributed by atoms with Crippen molar-refractivity contribution in [3.8, 4) is 0 Å². The minimum atomic E-state index is -0.0897. The van der Waals surface area contributed by atoms with Gasteiger partial charge in [0.1, 0.15) is 0 Å². The molecule has 1 aromatic rings. The van der Waals surface area contributed by atoms with Crippen LogP contribution in [0.3, 0.4) is 0 Å². The fraction of sp³-hybridized carbons (Fsp3) is 0.760. The predicted octanol–water partition coefficient (Wildman–Crippen LogP) is 7.67. The van der Waals surface area contributed by atoms with E-state index in [-0.39, 0.29) is 5.54 Å². The van der Waals surface area contributed by atoms with Crippen LogP contribution in [0.25, 0.3) is 0 Å². The Kier molecular flexibility index (Phi) is 12.7. The summed E-state index contributed by atoms with van der Waals surface area (Å²) in [6, 6.07) is 10.8. The summed E-state index contributed by atoms with van der Waals surface area (Å²) in [5.74, 6) is 0.577. The molecule has 0 aliphatic heterocycles. The Hall–Kier alpha value is -0.820. The van der Waals surface area contributed by atoms with Gasteiger partial charge in [-0.05, 0) is 38.2 Å². The lowest BCUT2D eigenvalue weighted by Gasteiger charge is -2.31. The third kappa shape index (κ3) is 11.7. The van der Waals surface area contributed by atoms with Crippen molar-refractivity contribution in [3.05, 3.63) is 35.9 Å². The molecule has 0 aromatic heterocycles.